The van der Waals surface area contributed by atoms with E-state index in [0.29, 0.717) is 42.5 Å². The van der Waals surface area contributed by atoms with Gasteiger partial charge in [-0.3, -0.25) is 9.59 Å². The van der Waals surface area contributed by atoms with Crippen LogP contribution in [0.2, 0.25) is 5.02 Å². The Morgan fingerprint density at radius 1 is 1.19 bits per heavy atom. The van der Waals surface area contributed by atoms with Crippen LogP contribution in [-0.2, 0) is 20.7 Å². The number of methoxy groups -OCH3 is 1. The number of aromatic nitrogens is 1. The molecule has 2 saturated heterocycles. The summed E-state index contributed by atoms with van der Waals surface area (Å²) in [6.07, 6.45) is 1.91. The van der Waals surface area contributed by atoms with Gasteiger partial charge in [0.25, 0.3) is 5.91 Å². The smallest absolute Gasteiger partial charge is 0.339 e. The summed E-state index contributed by atoms with van der Waals surface area (Å²) in [4.78, 5) is 45.5. The third kappa shape index (κ3) is 4.94. The van der Waals surface area contributed by atoms with Gasteiger partial charge in [0.1, 0.15) is 5.69 Å². The van der Waals surface area contributed by atoms with E-state index >= 15 is 0 Å². The number of ether oxygens (including phenoxy) is 1. The van der Waals surface area contributed by atoms with Gasteiger partial charge in [-0.15, -0.1) is 23.1 Å². The number of hydrogen-bond acceptors (Lipinski definition) is 7. The first-order chi connectivity index (χ1) is 15.5. The third-order valence-corrected chi connectivity index (χ3v) is 8.35. The number of rotatable bonds is 5. The quantitative estimate of drug-likeness (QED) is 0.594. The van der Waals surface area contributed by atoms with E-state index in [4.69, 9.17) is 16.3 Å². The molecule has 0 bridgehead atoms. The summed E-state index contributed by atoms with van der Waals surface area (Å²) in [5.74, 6) is 0.344. The predicted octanol–water partition coefficient (Wildman–Crippen LogP) is 3.43. The van der Waals surface area contributed by atoms with Gasteiger partial charge < -0.3 is 14.5 Å². The summed E-state index contributed by atoms with van der Waals surface area (Å²) in [6.45, 7) is 1.82. The average Bonchev–Trinajstić information content (AvgIpc) is 3.50. The molecule has 3 heterocycles. The highest BCUT2D eigenvalue weighted by Crippen LogP contribution is 2.32. The van der Waals surface area contributed by atoms with Crippen LogP contribution in [0.25, 0.3) is 0 Å². The standard InChI is InChI=1S/C22H24ClN3O4S2/c1-30-22(29)21-26(10-11-31-21)20(28)17-13-32-19(24-17)14-6-8-25(9-7-14)18(27)12-15-4-2-3-5-16(15)23/h2-5,13-14,21H,6-12H2,1H3. The van der Waals surface area contributed by atoms with Crippen LogP contribution >= 0.6 is 34.7 Å². The Balaban J connectivity index is 1.34. The number of hydrogen-bond donors (Lipinski definition) is 0. The van der Waals surface area contributed by atoms with Gasteiger partial charge in [-0.2, -0.15) is 0 Å². The Kier molecular flexibility index (Phi) is 7.37. The van der Waals surface area contributed by atoms with Crippen molar-refractivity contribution in [2.75, 3.05) is 32.5 Å². The number of thiazole rings is 1. The molecule has 2 aliphatic rings. The maximum Gasteiger partial charge on any atom is 0.339 e. The number of carbonyl (C=O) groups is 3. The molecule has 1 atom stereocenters. The highest BCUT2D eigenvalue weighted by molar-refractivity contribution is 8.00. The van der Waals surface area contributed by atoms with Crippen LogP contribution in [0, 0.1) is 0 Å². The molecule has 1 aromatic carbocycles. The number of carbonyl (C=O) groups excluding carboxylic acids is 3. The first-order valence-electron chi connectivity index (χ1n) is 10.4. The van der Waals surface area contributed by atoms with Gasteiger partial charge in [0.2, 0.25) is 5.91 Å². The van der Waals surface area contributed by atoms with Gasteiger partial charge in [-0.05, 0) is 24.5 Å². The lowest BCUT2D eigenvalue weighted by Gasteiger charge is -2.31. The molecule has 1 aromatic heterocycles. The molecule has 32 heavy (non-hydrogen) atoms. The van der Waals surface area contributed by atoms with Crippen LogP contribution in [0.1, 0.15) is 39.8 Å². The molecular formula is C22H24ClN3O4S2. The Hall–Kier alpha value is -2.10. The zero-order valence-electron chi connectivity index (χ0n) is 17.7. The molecule has 0 radical (unpaired) electrons. The van der Waals surface area contributed by atoms with Gasteiger partial charge in [0.05, 0.1) is 18.5 Å². The molecule has 7 nitrogen and oxygen atoms in total. The normalized spacial score (nSPS) is 19.2. The van der Waals surface area contributed by atoms with Crippen LogP contribution in [-0.4, -0.2) is 70.4 Å². The van der Waals surface area contributed by atoms with Crippen molar-refractivity contribution in [3.8, 4) is 0 Å². The molecule has 0 saturated carbocycles. The summed E-state index contributed by atoms with van der Waals surface area (Å²) in [5, 5.41) is 2.68. The molecule has 0 spiro atoms. The fraction of sp³-hybridized carbons (Fsp3) is 0.455. The Labute approximate surface area is 200 Å². The van der Waals surface area contributed by atoms with Crippen molar-refractivity contribution in [2.45, 2.75) is 30.6 Å². The second-order valence-corrected chi connectivity index (χ2v) is 10.2. The maximum atomic E-state index is 12.9. The molecule has 4 rings (SSSR count). The number of benzene rings is 1. The van der Waals surface area contributed by atoms with Gasteiger partial charge in [-0.25, -0.2) is 9.78 Å². The zero-order valence-corrected chi connectivity index (χ0v) is 20.0. The van der Waals surface area contributed by atoms with Gasteiger partial charge in [0, 0.05) is 41.7 Å². The molecule has 1 unspecified atom stereocenters. The lowest BCUT2D eigenvalue weighted by Crippen LogP contribution is -2.40. The highest BCUT2D eigenvalue weighted by atomic mass is 35.5. The average molecular weight is 494 g/mol. The second-order valence-electron chi connectivity index (χ2n) is 7.74. The molecular weight excluding hydrogens is 470 g/mol. The van der Waals surface area contributed by atoms with Crippen molar-refractivity contribution < 1.29 is 19.1 Å². The SMILES string of the molecule is COC(=O)C1SCCN1C(=O)c1csc(C2CCN(C(=O)Cc3ccccc3Cl)CC2)n1. The summed E-state index contributed by atoms with van der Waals surface area (Å²) in [5.41, 5.74) is 1.22. The third-order valence-electron chi connectivity index (χ3n) is 5.79. The first kappa shape index (κ1) is 23.1. The molecule has 2 aromatic rings. The van der Waals surface area contributed by atoms with E-state index in [2.05, 4.69) is 4.98 Å². The van der Waals surface area contributed by atoms with E-state index < -0.39 is 11.3 Å². The molecule has 2 amide bonds. The minimum absolute atomic E-state index is 0.0759. The van der Waals surface area contributed by atoms with Gasteiger partial charge >= 0.3 is 5.97 Å². The highest BCUT2D eigenvalue weighted by Gasteiger charge is 2.37. The topological polar surface area (TPSA) is 79.8 Å². The zero-order chi connectivity index (χ0) is 22.7. The van der Waals surface area contributed by atoms with Crippen molar-refractivity contribution in [1.29, 1.82) is 0 Å². The van der Waals surface area contributed by atoms with Crippen molar-refractivity contribution in [3.05, 3.63) is 50.9 Å². The van der Waals surface area contributed by atoms with Crippen LogP contribution in [0.3, 0.4) is 0 Å². The second kappa shape index (κ2) is 10.2. The summed E-state index contributed by atoms with van der Waals surface area (Å²) >= 11 is 9.06. The van der Waals surface area contributed by atoms with Crippen LogP contribution in [0.5, 0.6) is 0 Å². The first-order valence-corrected chi connectivity index (χ1v) is 12.8. The number of amides is 2. The van der Waals surface area contributed by atoms with Crippen molar-refractivity contribution in [3.63, 3.8) is 0 Å². The Morgan fingerprint density at radius 3 is 2.66 bits per heavy atom. The molecule has 10 heteroatoms. The monoisotopic (exact) mass is 493 g/mol. The van der Waals surface area contributed by atoms with Gasteiger partial charge in [0.15, 0.2) is 5.37 Å². The summed E-state index contributed by atoms with van der Waals surface area (Å²) in [7, 11) is 1.33. The molecule has 2 fully saturated rings. The van der Waals surface area contributed by atoms with E-state index in [0.717, 1.165) is 23.4 Å². The van der Waals surface area contributed by atoms with Crippen LogP contribution < -0.4 is 0 Å². The largest absolute Gasteiger partial charge is 0.467 e. The maximum absolute atomic E-state index is 12.9. The molecule has 2 aliphatic heterocycles. The number of thioether (sulfide) groups is 1. The van der Waals surface area contributed by atoms with Crippen LogP contribution in [0.15, 0.2) is 29.6 Å². The predicted molar refractivity (Wildman–Crippen MR) is 125 cm³/mol. The van der Waals surface area contributed by atoms with E-state index in [1.54, 1.807) is 11.4 Å². The Bertz CT molecular complexity index is 1010. The number of likely N-dealkylation sites (tertiary alicyclic amines) is 1. The number of halogens is 1. The fourth-order valence-corrected chi connectivity index (χ4v) is 6.29. The van der Waals surface area contributed by atoms with Crippen molar-refractivity contribution >= 4 is 52.5 Å². The van der Waals surface area contributed by atoms with Crippen LogP contribution in [0.4, 0.5) is 0 Å². The fourth-order valence-electron chi connectivity index (χ4n) is 3.99. The summed E-state index contributed by atoms with van der Waals surface area (Å²) < 4.78 is 4.81. The number of piperidine rings is 1. The van der Waals surface area contributed by atoms with E-state index in [1.807, 2.05) is 23.1 Å². The lowest BCUT2D eigenvalue weighted by atomic mass is 9.97. The van der Waals surface area contributed by atoms with Crippen molar-refractivity contribution in [2.24, 2.45) is 0 Å². The van der Waals surface area contributed by atoms with E-state index in [1.165, 1.54) is 35.1 Å². The Morgan fingerprint density at radius 2 is 1.94 bits per heavy atom. The van der Waals surface area contributed by atoms with Crippen molar-refractivity contribution in [1.82, 2.24) is 14.8 Å². The lowest BCUT2D eigenvalue weighted by molar-refractivity contribution is -0.142. The van der Waals surface area contributed by atoms with E-state index in [9.17, 15) is 14.4 Å². The number of esters is 1. The molecule has 0 aliphatic carbocycles. The minimum atomic E-state index is -0.606. The van der Waals surface area contributed by atoms with E-state index in [-0.39, 0.29) is 17.7 Å². The minimum Gasteiger partial charge on any atom is -0.467 e. The molecule has 170 valence electrons. The van der Waals surface area contributed by atoms with Gasteiger partial charge in [-0.1, -0.05) is 29.8 Å². The molecule has 0 N–H and O–H groups in total. The summed E-state index contributed by atoms with van der Waals surface area (Å²) in [6, 6.07) is 7.42. The number of nitrogens with zero attached hydrogens (tertiary/aromatic N) is 3.